The van der Waals surface area contributed by atoms with E-state index in [1.807, 2.05) is 48.3 Å². The summed E-state index contributed by atoms with van der Waals surface area (Å²) in [4.78, 5) is 32.3. The number of pyridine rings is 1. The molecule has 3 aromatic heterocycles. The smallest absolute Gasteiger partial charge is 0.253 e. The van der Waals surface area contributed by atoms with E-state index < -0.39 is 0 Å². The normalized spacial score (nSPS) is 15.7. The molecule has 1 unspecified atom stereocenters. The van der Waals surface area contributed by atoms with Crippen molar-refractivity contribution in [3.63, 3.8) is 0 Å². The molecule has 1 aromatic carbocycles. The minimum absolute atomic E-state index is 0.106. The molecule has 4 aromatic rings. The topological polar surface area (TPSA) is 91.7 Å². The molecule has 1 aliphatic rings. The number of nitrogens with one attached hydrogen (secondary N) is 2. The summed E-state index contributed by atoms with van der Waals surface area (Å²) in [6, 6.07) is 10.1. The van der Waals surface area contributed by atoms with Crippen LogP contribution >= 0.6 is 0 Å². The lowest BCUT2D eigenvalue weighted by atomic mass is 9.91. The molecule has 0 saturated carbocycles. The summed E-state index contributed by atoms with van der Waals surface area (Å²) in [7, 11) is 4.06. The zero-order valence-electron chi connectivity index (χ0n) is 19.1. The maximum absolute atomic E-state index is 12.9. The fourth-order valence-corrected chi connectivity index (χ4v) is 4.70. The van der Waals surface area contributed by atoms with Gasteiger partial charge in [-0.2, -0.15) is 0 Å². The van der Waals surface area contributed by atoms with Crippen LogP contribution in [-0.4, -0.2) is 48.9 Å². The number of carbonyl (C=O) groups is 1. The van der Waals surface area contributed by atoms with Gasteiger partial charge in [-0.05, 0) is 50.1 Å². The van der Waals surface area contributed by atoms with Gasteiger partial charge in [-0.15, -0.1) is 0 Å². The number of hydrogen-bond acceptors (Lipinski definition) is 5. The van der Waals surface area contributed by atoms with E-state index in [0.29, 0.717) is 25.1 Å². The van der Waals surface area contributed by atoms with E-state index in [9.17, 15) is 4.79 Å². The van der Waals surface area contributed by atoms with E-state index >= 15 is 0 Å². The van der Waals surface area contributed by atoms with Gasteiger partial charge in [0.15, 0.2) is 0 Å². The third kappa shape index (κ3) is 4.52. The Bertz CT molecular complexity index is 1270. The third-order valence-electron chi connectivity index (χ3n) is 6.33. The Morgan fingerprint density at radius 1 is 1.27 bits per heavy atom. The van der Waals surface area contributed by atoms with Crippen LogP contribution in [0.4, 0.5) is 0 Å². The molecule has 0 spiro atoms. The number of carbonyl (C=O) groups excluding carboxylic acids is 1. The first kappa shape index (κ1) is 21.3. The maximum Gasteiger partial charge on any atom is 0.253 e. The lowest BCUT2D eigenvalue weighted by Gasteiger charge is -2.31. The Balaban J connectivity index is 1.29. The molecule has 3 heterocycles. The van der Waals surface area contributed by atoms with Gasteiger partial charge in [0.25, 0.3) is 5.91 Å². The van der Waals surface area contributed by atoms with Crippen molar-refractivity contribution in [2.75, 3.05) is 13.6 Å². The van der Waals surface area contributed by atoms with Crippen LogP contribution in [0.2, 0.25) is 0 Å². The van der Waals surface area contributed by atoms with Crippen LogP contribution in [0, 0.1) is 0 Å². The summed E-state index contributed by atoms with van der Waals surface area (Å²) in [6.45, 7) is 1.19. The number of aromatic amines is 1. The molecule has 0 radical (unpaired) electrons. The minimum Gasteiger partial charge on any atom is -0.352 e. The highest BCUT2D eigenvalue weighted by Gasteiger charge is 2.25. The van der Waals surface area contributed by atoms with Crippen molar-refractivity contribution in [3.05, 3.63) is 77.4 Å². The van der Waals surface area contributed by atoms with Gasteiger partial charge in [0, 0.05) is 32.4 Å². The number of nitrogens with zero attached hydrogens (tertiary/aromatic N) is 5. The van der Waals surface area contributed by atoms with Crippen LogP contribution in [0.3, 0.4) is 0 Å². The Morgan fingerprint density at radius 2 is 2.18 bits per heavy atom. The van der Waals surface area contributed by atoms with Crippen LogP contribution in [-0.2, 0) is 26.4 Å². The highest BCUT2D eigenvalue weighted by atomic mass is 16.1. The highest BCUT2D eigenvalue weighted by Crippen LogP contribution is 2.32. The number of aromatic nitrogens is 5. The second-order valence-corrected chi connectivity index (χ2v) is 8.79. The van der Waals surface area contributed by atoms with Gasteiger partial charge >= 0.3 is 0 Å². The molecule has 1 atom stereocenters. The van der Waals surface area contributed by atoms with Crippen molar-refractivity contribution >= 4 is 16.9 Å². The maximum atomic E-state index is 12.9. The van der Waals surface area contributed by atoms with Crippen molar-refractivity contribution in [1.82, 2.24) is 34.7 Å². The fraction of sp³-hybridized carbons (Fsp3) is 0.360. The van der Waals surface area contributed by atoms with E-state index in [-0.39, 0.29) is 11.9 Å². The number of para-hydroxylation sites is 1. The van der Waals surface area contributed by atoms with Crippen LogP contribution < -0.4 is 5.32 Å². The predicted octanol–water partition coefficient (Wildman–Crippen LogP) is 3.17. The van der Waals surface area contributed by atoms with Gasteiger partial charge in [0.1, 0.15) is 5.82 Å². The lowest BCUT2D eigenvalue weighted by molar-refractivity contribution is 0.0955. The molecule has 1 aliphatic carbocycles. The van der Waals surface area contributed by atoms with Crippen LogP contribution in [0.1, 0.15) is 52.0 Å². The Morgan fingerprint density at radius 3 is 3.03 bits per heavy atom. The summed E-state index contributed by atoms with van der Waals surface area (Å²) < 4.78 is 1.91. The van der Waals surface area contributed by atoms with Gasteiger partial charge in [-0.25, -0.2) is 9.97 Å². The molecule has 33 heavy (non-hydrogen) atoms. The molecule has 5 rings (SSSR count). The Labute approximate surface area is 193 Å². The van der Waals surface area contributed by atoms with Crippen molar-refractivity contribution < 1.29 is 4.79 Å². The van der Waals surface area contributed by atoms with E-state index in [0.717, 1.165) is 41.8 Å². The Kier molecular flexibility index (Phi) is 5.92. The predicted molar refractivity (Wildman–Crippen MR) is 127 cm³/mol. The van der Waals surface area contributed by atoms with Crippen molar-refractivity contribution in [2.45, 2.75) is 38.3 Å². The number of H-pyrrole nitrogens is 1. The number of imidazole rings is 2. The summed E-state index contributed by atoms with van der Waals surface area (Å²) in [5, 5.41) is 3.01. The lowest BCUT2D eigenvalue weighted by Crippen LogP contribution is -2.28. The van der Waals surface area contributed by atoms with Crippen LogP contribution in [0.15, 0.2) is 49.1 Å². The summed E-state index contributed by atoms with van der Waals surface area (Å²) in [5.41, 5.74) is 5.67. The largest absolute Gasteiger partial charge is 0.352 e. The molecule has 0 fully saturated rings. The summed E-state index contributed by atoms with van der Waals surface area (Å²) >= 11 is 0. The van der Waals surface area contributed by atoms with Crippen LogP contribution in [0.25, 0.3) is 11.0 Å². The van der Waals surface area contributed by atoms with E-state index in [1.54, 1.807) is 6.33 Å². The highest BCUT2D eigenvalue weighted by molar-refractivity contribution is 6.04. The molecule has 2 N–H and O–H groups in total. The SMILES string of the molecule is CN(Cc1nc2cccc(C(=O)NCCc3cn(C)cn3)c2[nH]1)C1CCCc2cccnc21. The molecular weight excluding hydrogens is 414 g/mol. The molecule has 0 bridgehead atoms. The quantitative estimate of drug-likeness (QED) is 0.458. The van der Waals surface area contributed by atoms with E-state index in [1.165, 1.54) is 11.3 Å². The average molecular weight is 444 g/mol. The molecular formula is C25H29N7O. The van der Waals surface area contributed by atoms with E-state index in [4.69, 9.17) is 4.98 Å². The van der Waals surface area contributed by atoms with Crippen molar-refractivity contribution in [3.8, 4) is 0 Å². The summed E-state index contributed by atoms with van der Waals surface area (Å²) in [5.74, 6) is 0.745. The second kappa shape index (κ2) is 9.15. The summed E-state index contributed by atoms with van der Waals surface area (Å²) in [6.07, 6.45) is 9.65. The number of benzene rings is 1. The first-order chi connectivity index (χ1) is 16.1. The van der Waals surface area contributed by atoms with Gasteiger partial charge in [-0.3, -0.25) is 14.7 Å². The molecule has 0 saturated heterocycles. The van der Waals surface area contributed by atoms with Gasteiger partial charge in [-0.1, -0.05) is 12.1 Å². The number of aryl methyl sites for hydroxylation is 2. The first-order valence-electron chi connectivity index (χ1n) is 11.4. The first-order valence-corrected chi connectivity index (χ1v) is 11.4. The minimum atomic E-state index is -0.106. The van der Waals surface area contributed by atoms with E-state index in [2.05, 4.69) is 38.3 Å². The number of fused-ring (bicyclic) bond motifs is 2. The number of hydrogen-bond donors (Lipinski definition) is 2. The zero-order valence-corrected chi connectivity index (χ0v) is 19.1. The van der Waals surface area contributed by atoms with Crippen molar-refractivity contribution in [2.24, 2.45) is 7.05 Å². The molecule has 0 aliphatic heterocycles. The monoisotopic (exact) mass is 443 g/mol. The molecule has 170 valence electrons. The average Bonchev–Trinajstić information content (AvgIpc) is 3.43. The van der Waals surface area contributed by atoms with Gasteiger partial charge in [0.05, 0.1) is 46.9 Å². The molecule has 8 nitrogen and oxygen atoms in total. The number of amides is 1. The molecule has 8 heteroatoms. The zero-order chi connectivity index (χ0) is 22.8. The second-order valence-electron chi connectivity index (χ2n) is 8.79. The van der Waals surface area contributed by atoms with Crippen molar-refractivity contribution in [1.29, 1.82) is 0 Å². The van der Waals surface area contributed by atoms with Gasteiger partial charge in [0.2, 0.25) is 0 Å². The fourth-order valence-electron chi connectivity index (χ4n) is 4.70. The standard InChI is InChI=1S/C25H29N7O/c1-31-14-18(28-16-31)11-13-27-25(33)19-8-4-9-20-24(19)30-22(29-20)15-32(2)21-10-3-6-17-7-5-12-26-23(17)21/h4-5,7-9,12,14,16,21H,3,6,10-11,13,15H2,1-2H3,(H,27,33)(H,29,30). The Hall–Kier alpha value is -3.52. The third-order valence-corrected chi connectivity index (χ3v) is 6.33. The number of rotatable bonds is 7. The molecule has 1 amide bonds. The van der Waals surface area contributed by atoms with Gasteiger partial charge < -0.3 is 14.9 Å². The van der Waals surface area contributed by atoms with Crippen LogP contribution in [0.5, 0.6) is 0 Å².